The molecule has 0 aliphatic carbocycles. The van der Waals surface area contributed by atoms with Gasteiger partial charge in [0.05, 0.1) is 6.20 Å². The van der Waals surface area contributed by atoms with Crippen molar-refractivity contribution in [2.75, 3.05) is 24.5 Å². The van der Waals surface area contributed by atoms with E-state index in [1.165, 1.54) is 11.5 Å². The number of imidazole rings is 1. The van der Waals surface area contributed by atoms with Gasteiger partial charge < -0.3 is 14.8 Å². The lowest BCUT2D eigenvalue weighted by Gasteiger charge is -2.19. The number of hydrogen-bond donors (Lipinski definition) is 1. The smallest absolute Gasteiger partial charge is 0.269 e. The Labute approximate surface area is 134 Å². The predicted molar refractivity (Wildman–Crippen MR) is 87.4 cm³/mol. The zero-order valence-electron chi connectivity index (χ0n) is 13.5. The van der Waals surface area contributed by atoms with Gasteiger partial charge in [-0.15, -0.1) is 0 Å². The molecule has 2 aromatic rings. The Hall–Kier alpha value is -1.96. The zero-order valence-corrected chi connectivity index (χ0v) is 14.3. The Kier molecular flexibility index (Phi) is 5.48. The summed E-state index contributed by atoms with van der Waals surface area (Å²) < 4.78 is 5.99. The van der Waals surface area contributed by atoms with Gasteiger partial charge in [-0.25, -0.2) is 9.97 Å². The van der Waals surface area contributed by atoms with E-state index in [2.05, 4.69) is 31.5 Å². The highest BCUT2D eigenvalue weighted by molar-refractivity contribution is 7.09. The molecule has 22 heavy (non-hydrogen) atoms. The third-order valence-electron chi connectivity index (χ3n) is 3.51. The third kappa shape index (κ3) is 3.82. The van der Waals surface area contributed by atoms with Gasteiger partial charge >= 0.3 is 0 Å². The average molecular weight is 322 g/mol. The number of amides is 1. The maximum Gasteiger partial charge on any atom is 0.269 e. The van der Waals surface area contributed by atoms with E-state index in [0.29, 0.717) is 12.2 Å². The first-order chi connectivity index (χ1) is 10.5. The second-order valence-electron chi connectivity index (χ2n) is 5.06. The fourth-order valence-corrected chi connectivity index (χ4v) is 2.84. The van der Waals surface area contributed by atoms with E-state index in [0.717, 1.165) is 36.3 Å². The van der Waals surface area contributed by atoms with Crippen molar-refractivity contribution < 1.29 is 4.79 Å². The molecule has 0 bridgehead atoms. The van der Waals surface area contributed by atoms with Gasteiger partial charge in [-0.2, -0.15) is 4.37 Å². The van der Waals surface area contributed by atoms with E-state index in [9.17, 15) is 4.79 Å². The molecule has 8 heteroatoms. The van der Waals surface area contributed by atoms with Gasteiger partial charge in [-0.05, 0) is 27.2 Å². The molecule has 2 rings (SSSR count). The Balaban J connectivity index is 1.79. The van der Waals surface area contributed by atoms with Crippen molar-refractivity contribution in [3.63, 3.8) is 0 Å². The first-order valence-corrected chi connectivity index (χ1v) is 8.12. The SMILES string of the molecule is CCN(CCCNC(=O)c1cnc(C)n1C)c1nc(C)ns1. The molecule has 0 aromatic carbocycles. The molecule has 0 unspecified atom stereocenters. The summed E-state index contributed by atoms with van der Waals surface area (Å²) in [4.78, 5) is 22.8. The minimum absolute atomic E-state index is 0.0853. The largest absolute Gasteiger partial charge is 0.351 e. The maximum atomic E-state index is 12.1. The van der Waals surface area contributed by atoms with E-state index in [-0.39, 0.29) is 5.91 Å². The van der Waals surface area contributed by atoms with Gasteiger partial charge in [-0.3, -0.25) is 4.79 Å². The second kappa shape index (κ2) is 7.35. The fourth-order valence-electron chi connectivity index (χ4n) is 2.08. The lowest BCUT2D eigenvalue weighted by molar-refractivity contribution is 0.0945. The molecule has 120 valence electrons. The quantitative estimate of drug-likeness (QED) is 0.783. The van der Waals surface area contributed by atoms with E-state index < -0.39 is 0 Å². The van der Waals surface area contributed by atoms with Crippen molar-refractivity contribution in [2.45, 2.75) is 27.2 Å². The van der Waals surface area contributed by atoms with Crippen LogP contribution in [0.25, 0.3) is 0 Å². The highest BCUT2D eigenvalue weighted by atomic mass is 32.1. The minimum atomic E-state index is -0.0853. The predicted octanol–water partition coefficient (Wildman–Crippen LogP) is 1.53. The number of nitrogens with one attached hydrogen (secondary N) is 1. The number of carbonyl (C=O) groups is 1. The molecule has 0 saturated heterocycles. The molecule has 0 saturated carbocycles. The number of hydrogen-bond acceptors (Lipinski definition) is 6. The maximum absolute atomic E-state index is 12.1. The molecule has 0 spiro atoms. The molecule has 0 aliphatic rings. The van der Waals surface area contributed by atoms with Crippen LogP contribution in [0.3, 0.4) is 0 Å². The van der Waals surface area contributed by atoms with Crippen LogP contribution < -0.4 is 10.2 Å². The van der Waals surface area contributed by atoms with Crippen LogP contribution in [0.15, 0.2) is 6.20 Å². The van der Waals surface area contributed by atoms with Crippen LogP contribution >= 0.6 is 11.5 Å². The molecule has 0 atom stereocenters. The van der Waals surface area contributed by atoms with Crippen molar-refractivity contribution in [1.82, 2.24) is 24.2 Å². The van der Waals surface area contributed by atoms with E-state index >= 15 is 0 Å². The first kappa shape index (κ1) is 16.4. The van der Waals surface area contributed by atoms with Crippen molar-refractivity contribution >= 4 is 22.6 Å². The number of anilines is 1. The Bertz CT molecular complexity index is 635. The van der Waals surface area contributed by atoms with Gasteiger partial charge in [0.1, 0.15) is 17.3 Å². The normalized spacial score (nSPS) is 10.7. The highest BCUT2D eigenvalue weighted by Gasteiger charge is 2.12. The third-order valence-corrected chi connectivity index (χ3v) is 4.38. The van der Waals surface area contributed by atoms with Crippen molar-refractivity contribution in [2.24, 2.45) is 7.05 Å². The first-order valence-electron chi connectivity index (χ1n) is 7.34. The molecule has 0 radical (unpaired) electrons. The molecule has 2 aromatic heterocycles. The van der Waals surface area contributed by atoms with Crippen molar-refractivity contribution in [1.29, 1.82) is 0 Å². The summed E-state index contributed by atoms with van der Waals surface area (Å²) in [7, 11) is 1.84. The molecule has 7 nitrogen and oxygen atoms in total. The standard InChI is InChI=1S/C14H22N6OS/c1-5-20(14-17-10(2)18-22-14)8-6-7-15-13(21)12-9-16-11(3)19(12)4/h9H,5-8H2,1-4H3,(H,15,21). The van der Waals surface area contributed by atoms with Crippen LogP contribution in [0.4, 0.5) is 5.13 Å². The molecule has 1 amide bonds. The number of nitrogens with zero attached hydrogens (tertiary/aromatic N) is 5. The van der Waals surface area contributed by atoms with Gasteiger partial charge in [-0.1, -0.05) is 0 Å². The van der Waals surface area contributed by atoms with Crippen LogP contribution in [-0.4, -0.2) is 44.5 Å². The van der Waals surface area contributed by atoms with Crippen LogP contribution in [0, 0.1) is 13.8 Å². The van der Waals surface area contributed by atoms with E-state index in [4.69, 9.17) is 0 Å². The summed E-state index contributed by atoms with van der Waals surface area (Å²) in [5.41, 5.74) is 0.588. The monoisotopic (exact) mass is 322 g/mol. The van der Waals surface area contributed by atoms with Gasteiger partial charge in [0, 0.05) is 38.2 Å². The number of rotatable bonds is 7. The van der Waals surface area contributed by atoms with Crippen LogP contribution in [0.1, 0.15) is 35.5 Å². The average Bonchev–Trinajstić information content (AvgIpc) is 3.06. The summed E-state index contributed by atoms with van der Waals surface area (Å²) in [5.74, 6) is 1.55. The summed E-state index contributed by atoms with van der Waals surface area (Å²) in [6, 6.07) is 0. The molecule has 1 N–H and O–H groups in total. The number of aromatic nitrogens is 4. The van der Waals surface area contributed by atoms with E-state index in [1.54, 1.807) is 10.8 Å². The van der Waals surface area contributed by atoms with Gasteiger partial charge in [0.15, 0.2) is 0 Å². The minimum Gasteiger partial charge on any atom is -0.351 e. The Morgan fingerprint density at radius 3 is 2.77 bits per heavy atom. The molecular weight excluding hydrogens is 300 g/mol. The van der Waals surface area contributed by atoms with Crippen molar-refractivity contribution in [3.8, 4) is 0 Å². The molecule has 0 fully saturated rings. The molecular formula is C14H22N6OS. The fraction of sp³-hybridized carbons (Fsp3) is 0.571. The molecule has 0 aliphatic heterocycles. The zero-order chi connectivity index (χ0) is 16.1. The highest BCUT2D eigenvalue weighted by Crippen LogP contribution is 2.16. The Morgan fingerprint density at radius 1 is 1.45 bits per heavy atom. The van der Waals surface area contributed by atoms with Crippen LogP contribution in [0.5, 0.6) is 0 Å². The van der Waals surface area contributed by atoms with Gasteiger partial charge in [0.2, 0.25) is 5.13 Å². The van der Waals surface area contributed by atoms with Gasteiger partial charge in [0.25, 0.3) is 5.91 Å². The van der Waals surface area contributed by atoms with Crippen LogP contribution in [0.2, 0.25) is 0 Å². The number of carbonyl (C=O) groups excluding carboxylic acids is 1. The lowest BCUT2D eigenvalue weighted by Crippen LogP contribution is -2.30. The second-order valence-corrected chi connectivity index (χ2v) is 5.79. The van der Waals surface area contributed by atoms with Crippen molar-refractivity contribution in [3.05, 3.63) is 23.5 Å². The summed E-state index contributed by atoms with van der Waals surface area (Å²) in [6.07, 6.45) is 2.46. The summed E-state index contributed by atoms with van der Waals surface area (Å²) in [6.45, 7) is 8.20. The van der Waals surface area contributed by atoms with Crippen LogP contribution in [-0.2, 0) is 7.05 Å². The number of aryl methyl sites for hydroxylation is 2. The Morgan fingerprint density at radius 2 is 2.23 bits per heavy atom. The summed E-state index contributed by atoms with van der Waals surface area (Å²) in [5, 5.41) is 3.87. The molecule has 2 heterocycles. The summed E-state index contributed by atoms with van der Waals surface area (Å²) >= 11 is 1.41. The lowest BCUT2D eigenvalue weighted by atomic mass is 10.3. The topological polar surface area (TPSA) is 75.9 Å². The van der Waals surface area contributed by atoms with E-state index in [1.807, 2.05) is 20.9 Å².